The van der Waals surface area contributed by atoms with E-state index in [1.165, 1.54) is 25.7 Å². The fourth-order valence-corrected chi connectivity index (χ4v) is 8.80. The van der Waals surface area contributed by atoms with Crippen LogP contribution in [0.1, 0.15) is 65.2 Å². The van der Waals surface area contributed by atoms with E-state index in [4.69, 9.17) is 18.9 Å². The topological polar surface area (TPSA) is 57.2 Å². The van der Waals surface area contributed by atoms with Crippen LogP contribution in [0.5, 0.6) is 0 Å². The van der Waals surface area contributed by atoms with E-state index in [-0.39, 0.29) is 30.5 Å². The summed E-state index contributed by atoms with van der Waals surface area (Å²) in [5.74, 6) is 0.622. The average Bonchev–Trinajstić information content (AvgIpc) is 3.36. The molecule has 6 aliphatic rings. The molecule has 156 valence electrons. The van der Waals surface area contributed by atoms with E-state index in [1.54, 1.807) is 5.57 Å². The summed E-state index contributed by atoms with van der Waals surface area (Å²) in [6.07, 6.45) is 11.2. The summed E-state index contributed by atoms with van der Waals surface area (Å²) in [6, 6.07) is 0. The van der Waals surface area contributed by atoms with Gasteiger partial charge in [0.15, 0.2) is 13.6 Å². The van der Waals surface area contributed by atoms with Crippen LogP contribution in [0.2, 0.25) is 0 Å². The Labute approximate surface area is 167 Å². The normalized spacial score (nSPS) is 57.9. The van der Waals surface area contributed by atoms with Crippen LogP contribution < -0.4 is 0 Å². The van der Waals surface area contributed by atoms with Crippen molar-refractivity contribution in [1.82, 2.24) is 0 Å². The van der Waals surface area contributed by atoms with Crippen molar-refractivity contribution in [1.29, 1.82) is 0 Å². The van der Waals surface area contributed by atoms with E-state index >= 15 is 0 Å². The molecule has 1 N–H and O–H groups in total. The van der Waals surface area contributed by atoms with Crippen LogP contribution in [0.3, 0.4) is 0 Å². The number of allylic oxidation sites excluding steroid dienone is 2. The van der Waals surface area contributed by atoms with E-state index in [0.717, 1.165) is 25.7 Å². The lowest BCUT2D eigenvalue weighted by Crippen LogP contribution is -2.66. The van der Waals surface area contributed by atoms with Crippen LogP contribution in [0.25, 0.3) is 0 Å². The zero-order chi connectivity index (χ0) is 19.2. The summed E-state index contributed by atoms with van der Waals surface area (Å²) in [6.45, 7) is 5.74. The second kappa shape index (κ2) is 5.82. The van der Waals surface area contributed by atoms with E-state index in [1.807, 2.05) is 0 Å². The first-order valence-corrected chi connectivity index (χ1v) is 11.3. The highest BCUT2D eigenvalue weighted by Gasteiger charge is 2.76. The fourth-order valence-electron chi connectivity index (χ4n) is 8.80. The fraction of sp³-hybridized carbons (Fsp3) is 0.913. The lowest BCUT2D eigenvalue weighted by atomic mass is 9.45. The molecule has 2 heterocycles. The van der Waals surface area contributed by atoms with Crippen molar-refractivity contribution in [2.24, 2.45) is 28.6 Å². The van der Waals surface area contributed by atoms with Gasteiger partial charge in [0.1, 0.15) is 12.2 Å². The monoisotopic (exact) mass is 390 g/mol. The smallest absolute Gasteiger partial charge is 0.226 e. The van der Waals surface area contributed by atoms with Crippen molar-refractivity contribution >= 4 is 0 Å². The van der Waals surface area contributed by atoms with E-state index < -0.39 is 11.4 Å². The van der Waals surface area contributed by atoms with Gasteiger partial charge in [-0.05, 0) is 68.1 Å². The molecule has 5 heteroatoms. The largest absolute Gasteiger partial charge is 0.393 e. The second-order valence-electron chi connectivity index (χ2n) is 10.7. The van der Waals surface area contributed by atoms with Gasteiger partial charge in [0.2, 0.25) is 5.79 Å². The molecule has 1 unspecified atom stereocenters. The van der Waals surface area contributed by atoms with Gasteiger partial charge < -0.3 is 24.1 Å². The van der Waals surface area contributed by atoms with Crippen molar-refractivity contribution in [2.75, 3.05) is 20.2 Å². The number of hydrogen-bond acceptors (Lipinski definition) is 5. The molecule has 6 rings (SSSR count). The number of rotatable bonds is 0. The Morgan fingerprint density at radius 2 is 1.93 bits per heavy atom. The van der Waals surface area contributed by atoms with Crippen LogP contribution in [0.4, 0.5) is 0 Å². The Morgan fingerprint density at radius 3 is 2.75 bits per heavy atom. The summed E-state index contributed by atoms with van der Waals surface area (Å²) in [4.78, 5) is 0. The molecule has 3 saturated carbocycles. The minimum Gasteiger partial charge on any atom is -0.393 e. The highest BCUT2D eigenvalue weighted by atomic mass is 16.9. The molecule has 0 amide bonds. The standard InChI is InChI=1S/C23H34O5/c1-20-9-4-3-5-15(20)6-7-16-17-8-10-22(21(17,2)11-18(24)19(16)20)23(28-14-26-22)12-25-13-27-23/h6,16-19,24H,3-5,7-14H2,1-2H3/t16-,17-,18-,19+,20-,21-,22+,23?/m0/s1. The van der Waals surface area contributed by atoms with Crippen LogP contribution in [0.15, 0.2) is 11.6 Å². The first kappa shape index (κ1) is 18.3. The molecule has 2 spiro atoms. The molecule has 4 aliphatic carbocycles. The maximum atomic E-state index is 11.6. The Morgan fingerprint density at radius 1 is 1.07 bits per heavy atom. The number of aliphatic hydroxyl groups excluding tert-OH is 1. The molecule has 2 aliphatic heterocycles. The van der Waals surface area contributed by atoms with E-state index in [2.05, 4.69) is 19.9 Å². The van der Waals surface area contributed by atoms with E-state index in [9.17, 15) is 5.11 Å². The lowest BCUT2D eigenvalue weighted by Gasteiger charge is -2.61. The molecule has 28 heavy (non-hydrogen) atoms. The summed E-state index contributed by atoms with van der Waals surface area (Å²) in [5.41, 5.74) is 1.13. The highest BCUT2D eigenvalue weighted by molar-refractivity contribution is 5.28. The first-order chi connectivity index (χ1) is 13.5. The molecular formula is C23H34O5. The maximum absolute atomic E-state index is 11.6. The zero-order valence-electron chi connectivity index (χ0n) is 17.2. The Balaban J connectivity index is 1.42. The zero-order valence-corrected chi connectivity index (χ0v) is 17.2. The first-order valence-electron chi connectivity index (χ1n) is 11.3. The van der Waals surface area contributed by atoms with Gasteiger partial charge in [0.05, 0.1) is 6.10 Å². The summed E-state index contributed by atoms with van der Waals surface area (Å²) in [7, 11) is 0. The highest BCUT2D eigenvalue weighted by Crippen LogP contribution is 2.71. The Bertz CT molecular complexity index is 694. The third-order valence-corrected chi connectivity index (χ3v) is 9.95. The molecule has 0 aromatic rings. The molecule has 0 aromatic heterocycles. The third kappa shape index (κ3) is 1.96. The van der Waals surface area contributed by atoms with Crippen molar-refractivity contribution in [3.8, 4) is 0 Å². The number of ether oxygens (including phenoxy) is 4. The van der Waals surface area contributed by atoms with Crippen LogP contribution in [-0.4, -0.2) is 42.8 Å². The predicted molar refractivity (Wildman–Crippen MR) is 102 cm³/mol. The minimum absolute atomic E-state index is 0.159. The van der Waals surface area contributed by atoms with Gasteiger partial charge >= 0.3 is 0 Å². The van der Waals surface area contributed by atoms with Crippen molar-refractivity contribution < 1.29 is 24.1 Å². The van der Waals surface area contributed by atoms with Gasteiger partial charge in [-0.3, -0.25) is 0 Å². The molecular weight excluding hydrogens is 356 g/mol. The summed E-state index contributed by atoms with van der Waals surface area (Å²) < 4.78 is 24.2. The SMILES string of the molecule is C[C@]12CCCCC1=CC[C@@H]1[C@@H]2[C@@H](O)C[C@@]2(C)[C@H]1CC[C@@]21OCOC12COCO2. The van der Waals surface area contributed by atoms with Gasteiger partial charge in [-0.2, -0.15) is 0 Å². The van der Waals surface area contributed by atoms with Gasteiger partial charge in [-0.1, -0.05) is 31.9 Å². The quantitative estimate of drug-likeness (QED) is 0.639. The number of aliphatic hydroxyl groups is 1. The van der Waals surface area contributed by atoms with Crippen molar-refractivity contribution in [2.45, 2.75) is 82.7 Å². The molecule has 0 aromatic carbocycles. The number of hydrogen-bond donors (Lipinski definition) is 1. The predicted octanol–water partition coefficient (Wildman–Crippen LogP) is 3.75. The number of fused-ring (bicyclic) bond motifs is 7. The van der Waals surface area contributed by atoms with Gasteiger partial charge in [0, 0.05) is 5.41 Å². The Kier molecular flexibility index (Phi) is 3.81. The van der Waals surface area contributed by atoms with Crippen LogP contribution >= 0.6 is 0 Å². The molecule has 5 nitrogen and oxygen atoms in total. The summed E-state index contributed by atoms with van der Waals surface area (Å²) in [5, 5.41) is 11.6. The second-order valence-corrected chi connectivity index (χ2v) is 10.7. The van der Waals surface area contributed by atoms with Gasteiger partial charge in [-0.15, -0.1) is 0 Å². The van der Waals surface area contributed by atoms with Gasteiger partial charge in [-0.25, -0.2) is 0 Å². The lowest BCUT2D eigenvalue weighted by molar-refractivity contribution is -0.256. The van der Waals surface area contributed by atoms with Crippen molar-refractivity contribution in [3.05, 3.63) is 11.6 Å². The third-order valence-electron chi connectivity index (χ3n) is 9.95. The van der Waals surface area contributed by atoms with E-state index in [0.29, 0.717) is 24.4 Å². The van der Waals surface area contributed by atoms with Crippen molar-refractivity contribution in [3.63, 3.8) is 0 Å². The molecule has 8 atom stereocenters. The maximum Gasteiger partial charge on any atom is 0.226 e. The summed E-state index contributed by atoms with van der Waals surface area (Å²) >= 11 is 0. The van der Waals surface area contributed by atoms with Gasteiger partial charge in [0.25, 0.3) is 0 Å². The Hall–Kier alpha value is -0.460. The van der Waals surface area contributed by atoms with Crippen LogP contribution in [-0.2, 0) is 18.9 Å². The average molecular weight is 391 g/mol. The molecule has 0 radical (unpaired) electrons. The molecule has 5 fully saturated rings. The molecule has 2 saturated heterocycles. The minimum atomic E-state index is -0.798. The van der Waals surface area contributed by atoms with Crippen LogP contribution in [0, 0.1) is 28.6 Å². The molecule has 0 bridgehead atoms.